The highest BCUT2D eigenvalue weighted by molar-refractivity contribution is 5.94. The van der Waals surface area contributed by atoms with Crippen LogP contribution < -0.4 is 20.1 Å². The highest BCUT2D eigenvalue weighted by Gasteiger charge is 2.16. The SMILES string of the molecule is Cc1ncn(-c2cc(NCCNC(=O)c3ccc4c(c3)OCO4)ncn2)c1C. The Morgan fingerprint density at radius 1 is 1.11 bits per heavy atom. The van der Waals surface area contributed by atoms with Crippen LogP contribution in [0.25, 0.3) is 5.82 Å². The zero-order valence-electron chi connectivity index (χ0n) is 15.6. The van der Waals surface area contributed by atoms with E-state index in [-0.39, 0.29) is 12.7 Å². The summed E-state index contributed by atoms with van der Waals surface area (Å²) in [6.07, 6.45) is 3.24. The summed E-state index contributed by atoms with van der Waals surface area (Å²) in [7, 11) is 0. The minimum atomic E-state index is -0.173. The van der Waals surface area contributed by atoms with E-state index in [1.54, 1.807) is 24.5 Å². The normalized spacial score (nSPS) is 12.1. The van der Waals surface area contributed by atoms with Crippen molar-refractivity contribution >= 4 is 11.7 Å². The number of imidazole rings is 1. The van der Waals surface area contributed by atoms with Gasteiger partial charge in [-0.25, -0.2) is 15.0 Å². The summed E-state index contributed by atoms with van der Waals surface area (Å²) in [5, 5.41) is 6.05. The summed E-state index contributed by atoms with van der Waals surface area (Å²) >= 11 is 0. The summed E-state index contributed by atoms with van der Waals surface area (Å²) in [5.74, 6) is 2.48. The number of fused-ring (bicyclic) bond motifs is 1. The number of hydrogen-bond acceptors (Lipinski definition) is 7. The van der Waals surface area contributed by atoms with Gasteiger partial charge in [0.2, 0.25) is 6.79 Å². The van der Waals surface area contributed by atoms with E-state index in [4.69, 9.17) is 9.47 Å². The Morgan fingerprint density at radius 2 is 1.96 bits per heavy atom. The molecule has 0 bridgehead atoms. The molecule has 4 rings (SSSR count). The average Bonchev–Trinajstić information content (AvgIpc) is 3.31. The van der Waals surface area contributed by atoms with Crippen LogP contribution in [0, 0.1) is 13.8 Å². The molecule has 0 saturated carbocycles. The molecule has 2 N–H and O–H groups in total. The highest BCUT2D eigenvalue weighted by Crippen LogP contribution is 2.32. The van der Waals surface area contributed by atoms with E-state index in [1.165, 1.54) is 6.33 Å². The molecule has 0 unspecified atom stereocenters. The van der Waals surface area contributed by atoms with Crippen molar-refractivity contribution < 1.29 is 14.3 Å². The molecule has 28 heavy (non-hydrogen) atoms. The maximum absolute atomic E-state index is 12.3. The zero-order chi connectivity index (χ0) is 19.5. The Balaban J connectivity index is 1.31. The van der Waals surface area contributed by atoms with Gasteiger partial charge in [0, 0.05) is 30.4 Å². The molecule has 0 spiro atoms. The van der Waals surface area contributed by atoms with E-state index in [0.717, 1.165) is 17.2 Å². The Morgan fingerprint density at radius 3 is 2.79 bits per heavy atom. The summed E-state index contributed by atoms with van der Waals surface area (Å²) in [5.41, 5.74) is 2.51. The number of rotatable bonds is 6. The number of benzene rings is 1. The molecule has 3 heterocycles. The molecule has 0 fully saturated rings. The van der Waals surface area contributed by atoms with Crippen molar-refractivity contribution in [2.75, 3.05) is 25.2 Å². The fourth-order valence-electron chi connectivity index (χ4n) is 2.81. The summed E-state index contributed by atoms with van der Waals surface area (Å²) in [4.78, 5) is 25.1. The van der Waals surface area contributed by atoms with Crippen molar-refractivity contribution in [1.29, 1.82) is 0 Å². The maximum Gasteiger partial charge on any atom is 0.251 e. The minimum Gasteiger partial charge on any atom is -0.454 e. The lowest BCUT2D eigenvalue weighted by Crippen LogP contribution is -2.28. The molecule has 1 amide bonds. The minimum absolute atomic E-state index is 0.173. The van der Waals surface area contributed by atoms with Gasteiger partial charge in [0.1, 0.15) is 24.3 Å². The molecule has 0 radical (unpaired) electrons. The van der Waals surface area contributed by atoms with Crippen molar-refractivity contribution in [2.45, 2.75) is 13.8 Å². The number of carbonyl (C=O) groups excluding carboxylic acids is 1. The van der Waals surface area contributed by atoms with Crippen molar-refractivity contribution in [3.8, 4) is 17.3 Å². The number of nitrogens with one attached hydrogen (secondary N) is 2. The van der Waals surface area contributed by atoms with E-state index in [0.29, 0.717) is 36.0 Å². The number of amides is 1. The van der Waals surface area contributed by atoms with E-state index in [2.05, 4.69) is 25.6 Å². The van der Waals surface area contributed by atoms with Gasteiger partial charge in [0.05, 0.1) is 5.69 Å². The van der Waals surface area contributed by atoms with Crippen molar-refractivity contribution in [3.63, 3.8) is 0 Å². The highest BCUT2D eigenvalue weighted by atomic mass is 16.7. The molecule has 0 aliphatic carbocycles. The van der Waals surface area contributed by atoms with E-state index >= 15 is 0 Å². The van der Waals surface area contributed by atoms with Crippen molar-refractivity contribution in [2.24, 2.45) is 0 Å². The quantitative estimate of drug-likeness (QED) is 0.629. The van der Waals surface area contributed by atoms with Gasteiger partial charge in [0.15, 0.2) is 11.5 Å². The number of nitrogens with zero attached hydrogens (tertiary/aromatic N) is 4. The van der Waals surface area contributed by atoms with Gasteiger partial charge < -0.3 is 20.1 Å². The van der Waals surface area contributed by atoms with E-state index in [9.17, 15) is 4.79 Å². The van der Waals surface area contributed by atoms with Gasteiger partial charge in [-0.1, -0.05) is 0 Å². The Bertz CT molecular complexity index is 1020. The molecular formula is C19H20N6O3. The topological polar surface area (TPSA) is 103 Å². The van der Waals surface area contributed by atoms with Crippen LogP contribution in [-0.4, -0.2) is 45.3 Å². The first-order valence-electron chi connectivity index (χ1n) is 8.86. The van der Waals surface area contributed by atoms with Gasteiger partial charge in [-0.2, -0.15) is 0 Å². The van der Waals surface area contributed by atoms with Crippen LogP contribution in [0.2, 0.25) is 0 Å². The van der Waals surface area contributed by atoms with Crippen LogP contribution in [0.4, 0.5) is 5.82 Å². The van der Waals surface area contributed by atoms with E-state index in [1.807, 2.05) is 24.5 Å². The first-order chi connectivity index (χ1) is 13.6. The van der Waals surface area contributed by atoms with Gasteiger partial charge >= 0.3 is 0 Å². The predicted octanol–water partition coefficient (Wildman–Crippen LogP) is 1.85. The average molecular weight is 380 g/mol. The van der Waals surface area contributed by atoms with Crippen LogP contribution in [-0.2, 0) is 0 Å². The Labute approximate surface area is 161 Å². The monoisotopic (exact) mass is 380 g/mol. The van der Waals surface area contributed by atoms with Crippen LogP contribution in [0.5, 0.6) is 11.5 Å². The second-order valence-corrected chi connectivity index (χ2v) is 6.30. The predicted molar refractivity (Wildman–Crippen MR) is 102 cm³/mol. The first kappa shape index (κ1) is 17.8. The molecular weight excluding hydrogens is 360 g/mol. The number of aromatic nitrogens is 4. The third kappa shape index (κ3) is 3.59. The largest absolute Gasteiger partial charge is 0.454 e. The first-order valence-corrected chi connectivity index (χ1v) is 8.86. The molecule has 144 valence electrons. The van der Waals surface area contributed by atoms with Crippen LogP contribution in [0.3, 0.4) is 0 Å². The Kier molecular flexibility index (Phi) is 4.79. The molecule has 0 saturated heterocycles. The fraction of sp³-hybridized carbons (Fsp3) is 0.263. The fourth-order valence-corrected chi connectivity index (χ4v) is 2.81. The Hall–Kier alpha value is -3.62. The molecule has 9 nitrogen and oxygen atoms in total. The van der Waals surface area contributed by atoms with Gasteiger partial charge in [0.25, 0.3) is 5.91 Å². The van der Waals surface area contributed by atoms with E-state index < -0.39 is 0 Å². The van der Waals surface area contributed by atoms with Gasteiger partial charge in [-0.15, -0.1) is 0 Å². The molecule has 1 aliphatic heterocycles. The summed E-state index contributed by atoms with van der Waals surface area (Å²) < 4.78 is 12.5. The number of hydrogen-bond donors (Lipinski definition) is 2. The van der Waals surface area contributed by atoms with Crippen molar-refractivity contribution in [1.82, 2.24) is 24.8 Å². The zero-order valence-corrected chi connectivity index (χ0v) is 15.6. The molecule has 1 aliphatic rings. The molecule has 0 atom stereocenters. The lowest BCUT2D eigenvalue weighted by atomic mass is 10.2. The van der Waals surface area contributed by atoms with Gasteiger partial charge in [-0.3, -0.25) is 9.36 Å². The van der Waals surface area contributed by atoms with Crippen molar-refractivity contribution in [3.05, 3.63) is 53.9 Å². The van der Waals surface area contributed by atoms with Crippen LogP contribution in [0.15, 0.2) is 36.9 Å². The second kappa shape index (κ2) is 7.55. The number of ether oxygens (including phenoxy) is 2. The maximum atomic E-state index is 12.3. The van der Waals surface area contributed by atoms with Gasteiger partial charge in [-0.05, 0) is 32.0 Å². The molecule has 3 aromatic rings. The lowest BCUT2D eigenvalue weighted by Gasteiger charge is -2.09. The lowest BCUT2D eigenvalue weighted by molar-refractivity contribution is 0.0954. The summed E-state index contributed by atoms with van der Waals surface area (Å²) in [6, 6.07) is 6.96. The third-order valence-corrected chi connectivity index (χ3v) is 4.50. The van der Waals surface area contributed by atoms with Crippen LogP contribution >= 0.6 is 0 Å². The number of aryl methyl sites for hydroxylation is 1. The van der Waals surface area contributed by atoms with Crippen LogP contribution in [0.1, 0.15) is 21.7 Å². The number of anilines is 1. The standard InChI is InChI=1S/C19H20N6O3/c1-12-13(2)25(10-24-12)18-8-17(22-9-23-18)20-5-6-21-19(26)14-3-4-15-16(7-14)28-11-27-15/h3-4,7-10H,5-6,11H2,1-2H3,(H,21,26)(H,20,22,23). The number of carbonyl (C=O) groups is 1. The summed E-state index contributed by atoms with van der Waals surface area (Å²) in [6.45, 7) is 5.09. The molecule has 1 aromatic carbocycles. The molecule has 9 heteroatoms. The second-order valence-electron chi connectivity index (χ2n) is 6.30. The third-order valence-electron chi connectivity index (χ3n) is 4.50. The smallest absolute Gasteiger partial charge is 0.251 e. The molecule has 2 aromatic heterocycles.